The number of aromatic nitrogens is 3. The summed E-state index contributed by atoms with van der Waals surface area (Å²) in [5.74, 6) is 3.08. The molecule has 0 saturated heterocycles. The van der Waals surface area contributed by atoms with Gasteiger partial charge in [0.2, 0.25) is 0 Å². The number of Topliss-reactive ketones (excluding diaryl/α,β-unsaturated/α-hetero) is 1. The van der Waals surface area contributed by atoms with Crippen LogP contribution in [0.1, 0.15) is 87.3 Å². The molecule has 28 heavy (non-hydrogen) atoms. The van der Waals surface area contributed by atoms with Crippen molar-refractivity contribution in [3.8, 4) is 0 Å². The fourth-order valence-electron chi connectivity index (χ4n) is 3.79. The van der Waals surface area contributed by atoms with E-state index < -0.39 is 0 Å². The summed E-state index contributed by atoms with van der Waals surface area (Å²) in [6.45, 7) is 8.78. The summed E-state index contributed by atoms with van der Waals surface area (Å²) in [4.78, 5) is 12.7. The largest absolute Gasteiger partial charge is 0.312 e. The minimum atomic E-state index is 0.297. The van der Waals surface area contributed by atoms with Crippen LogP contribution in [-0.4, -0.2) is 20.5 Å². The Labute approximate surface area is 169 Å². The Bertz CT molecular complexity index is 802. The summed E-state index contributed by atoms with van der Waals surface area (Å²) in [5.41, 5.74) is 3.72. The lowest BCUT2D eigenvalue weighted by Gasteiger charge is -2.11. The molecule has 0 amide bonds. The molecule has 1 aliphatic rings. The first-order chi connectivity index (χ1) is 13.5. The number of benzene rings is 1. The zero-order chi connectivity index (χ0) is 20.1. The van der Waals surface area contributed by atoms with Crippen LogP contribution in [0.15, 0.2) is 18.2 Å². The summed E-state index contributed by atoms with van der Waals surface area (Å²) in [6, 6.07) is 7.12. The molecule has 0 N–H and O–H groups in total. The van der Waals surface area contributed by atoms with Gasteiger partial charge >= 0.3 is 0 Å². The van der Waals surface area contributed by atoms with Gasteiger partial charge in [-0.15, -0.1) is 10.2 Å². The molecular weight excluding hydrogens is 346 g/mol. The Morgan fingerprint density at radius 2 is 1.86 bits per heavy atom. The standard InChI is InChI=1S/C24H35N3O/c1-5-6-19-9-8-18(4)20(15-19)16-22(28)12-14-24-26-25-23(13-7-17(2)3)27(24)21-10-11-21/h8-9,15,17,21H,5-7,10-14,16H2,1-4H3. The van der Waals surface area contributed by atoms with Crippen LogP contribution in [-0.2, 0) is 30.5 Å². The Morgan fingerprint density at radius 1 is 1.14 bits per heavy atom. The van der Waals surface area contributed by atoms with Crippen molar-refractivity contribution in [1.82, 2.24) is 14.8 Å². The molecule has 0 radical (unpaired) electrons. The van der Waals surface area contributed by atoms with Crippen molar-refractivity contribution >= 4 is 5.78 Å². The third-order valence-corrected chi connectivity index (χ3v) is 5.66. The fraction of sp³-hybridized carbons (Fsp3) is 0.625. The van der Waals surface area contributed by atoms with E-state index >= 15 is 0 Å². The van der Waals surface area contributed by atoms with Gasteiger partial charge in [-0.2, -0.15) is 0 Å². The third-order valence-electron chi connectivity index (χ3n) is 5.66. The predicted molar refractivity (Wildman–Crippen MR) is 114 cm³/mol. The highest BCUT2D eigenvalue weighted by molar-refractivity contribution is 5.81. The van der Waals surface area contributed by atoms with Crippen LogP contribution in [0.5, 0.6) is 0 Å². The summed E-state index contributed by atoms with van der Waals surface area (Å²) < 4.78 is 2.34. The minimum Gasteiger partial charge on any atom is -0.312 e. The quantitative estimate of drug-likeness (QED) is 0.537. The number of rotatable bonds is 11. The minimum absolute atomic E-state index is 0.297. The van der Waals surface area contributed by atoms with Crippen molar-refractivity contribution in [2.75, 3.05) is 0 Å². The predicted octanol–water partition coefficient (Wildman–Crippen LogP) is 5.21. The number of hydrogen-bond acceptors (Lipinski definition) is 3. The molecule has 0 atom stereocenters. The maximum atomic E-state index is 12.7. The van der Waals surface area contributed by atoms with E-state index in [9.17, 15) is 4.79 Å². The second-order valence-corrected chi connectivity index (χ2v) is 8.79. The summed E-state index contributed by atoms with van der Waals surface area (Å²) >= 11 is 0. The van der Waals surface area contributed by atoms with Crippen molar-refractivity contribution in [2.24, 2.45) is 5.92 Å². The number of carbonyl (C=O) groups excluding carboxylic acids is 1. The number of hydrogen-bond donors (Lipinski definition) is 0. The molecule has 1 saturated carbocycles. The van der Waals surface area contributed by atoms with Crippen molar-refractivity contribution in [1.29, 1.82) is 0 Å². The normalized spacial score (nSPS) is 14.0. The van der Waals surface area contributed by atoms with Crippen LogP contribution in [0.3, 0.4) is 0 Å². The number of aryl methyl sites for hydroxylation is 4. The maximum absolute atomic E-state index is 12.7. The smallest absolute Gasteiger partial charge is 0.137 e. The van der Waals surface area contributed by atoms with Gasteiger partial charge in [0.05, 0.1) is 0 Å². The van der Waals surface area contributed by atoms with Crippen LogP contribution in [0.4, 0.5) is 0 Å². The highest BCUT2D eigenvalue weighted by atomic mass is 16.1. The Balaban J connectivity index is 1.61. The molecular formula is C24H35N3O. The topological polar surface area (TPSA) is 47.8 Å². The zero-order valence-electron chi connectivity index (χ0n) is 18.0. The van der Waals surface area contributed by atoms with E-state index in [4.69, 9.17) is 0 Å². The molecule has 4 heteroatoms. The van der Waals surface area contributed by atoms with E-state index in [-0.39, 0.29) is 0 Å². The van der Waals surface area contributed by atoms with Gasteiger partial charge in [0.15, 0.2) is 0 Å². The lowest BCUT2D eigenvalue weighted by atomic mass is 9.97. The first kappa shape index (κ1) is 20.8. The van der Waals surface area contributed by atoms with E-state index in [1.807, 2.05) is 0 Å². The van der Waals surface area contributed by atoms with Crippen LogP contribution >= 0.6 is 0 Å². The van der Waals surface area contributed by atoms with Crippen LogP contribution < -0.4 is 0 Å². The lowest BCUT2D eigenvalue weighted by Crippen LogP contribution is -2.11. The van der Waals surface area contributed by atoms with Gasteiger partial charge in [-0.05, 0) is 55.2 Å². The molecule has 0 aliphatic heterocycles. The fourth-order valence-corrected chi connectivity index (χ4v) is 3.79. The van der Waals surface area contributed by atoms with Crippen molar-refractivity contribution < 1.29 is 4.79 Å². The first-order valence-corrected chi connectivity index (χ1v) is 11.0. The number of nitrogens with zero attached hydrogens (tertiary/aromatic N) is 3. The van der Waals surface area contributed by atoms with Gasteiger partial charge in [-0.1, -0.05) is 45.4 Å². The Kier molecular flexibility index (Phi) is 7.03. The second kappa shape index (κ2) is 9.49. The van der Waals surface area contributed by atoms with Gasteiger partial charge < -0.3 is 4.57 Å². The molecule has 1 fully saturated rings. The van der Waals surface area contributed by atoms with Crippen LogP contribution in [0.2, 0.25) is 0 Å². The summed E-state index contributed by atoms with van der Waals surface area (Å²) in [5, 5.41) is 8.91. The maximum Gasteiger partial charge on any atom is 0.137 e. The van der Waals surface area contributed by atoms with Crippen LogP contribution in [0, 0.1) is 12.8 Å². The van der Waals surface area contributed by atoms with E-state index in [2.05, 4.69) is 60.7 Å². The van der Waals surface area contributed by atoms with Gasteiger partial charge in [-0.3, -0.25) is 4.79 Å². The van der Waals surface area contributed by atoms with E-state index in [0.717, 1.165) is 37.3 Å². The number of carbonyl (C=O) groups is 1. The highest BCUT2D eigenvalue weighted by Crippen LogP contribution is 2.37. The molecule has 1 aromatic carbocycles. The molecule has 1 heterocycles. The molecule has 4 nitrogen and oxygen atoms in total. The second-order valence-electron chi connectivity index (χ2n) is 8.79. The zero-order valence-corrected chi connectivity index (χ0v) is 18.0. The molecule has 1 aliphatic carbocycles. The summed E-state index contributed by atoms with van der Waals surface area (Å²) in [7, 11) is 0. The first-order valence-electron chi connectivity index (χ1n) is 11.0. The van der Waals surface area contributed by atoms with Gasteiger partial charge in [0.25, 0.3) is 0 Å². The molecule has 2 aromatic rings. The monoisotopic (exact) mass is 381 g/mol. The average Bonchev–Trinajstić information content (AvgIpc) is 3.41. The highest BCUT2D eigenvalue weighted by Gasteiger charge is 2.29. The molecule has 0 bridgehead atoms. The Hall–Kier alpha value is -1.97. The van der Waals surface area contributed by atoms with Crippen molar-refractivity contribution in [3.63, 3.8) is 0 Å². The Morgan fingerprint density at radius 3 is 2.50 bits per heavy atom. The molecule has 0 unspecified atom stereocenters. The van der Waals surface area contributed by atoms with E-state index in [0.29, 0.717) is 37.0 Å². The number of ketones is 1. The SMILES string of the molecule is CCCc1ccc(C)c(CC(=O)CCc2nnc(CCC(C)C)n2C2CC2)c1. The third kappa shape index (κ3) is 5.52. The summed E-state index contributed by atoms with van der Waals surface area (Å²) in [6.07, 6.45) is 8.55. The molecule has 3 rings (SSSR count). The van der Waals surface area contributed by atoms with Gasteiger partial charge in [0.1, 0.15) is 17.4 Å². The lowest BCUT2D eigenvalue weighted by molar-refractivity contribution is -0.118. The van der Waals surface area contributed by atoms with Crippen molar-refractivity contribution in [3.05, 3.63) is 46.5 Å². The average molecular weight is 382 g/mol. The van der Waals surface area contributed by atoms with E-state index in [1.165, 1.54) is 29.5 Å². The van der Waals surface area contributed by atoms with Crippen molar-refractivity contribution in [2.45, 2.75) is 91.5 Å². The molecule has 1 aromatic heterocycles. The van der Waals surface area contributed by atoms with E-state index in [1.54, 1.807) is 0 Å². The van der Waals surface area contributed by atoms with Crippen LogP contribution in [0.25, 0.3) is 0 Å². The molecule has 0 spiro atoms. The van der Waals surface area contributed by atoms with Gasteiger partial charge in [-0.25, -0.2) is 0 Å². The van der Waals surface area contributed by atoms with Gasteiger partial charge in [0, 0.05) is 31.7 Å². The molecule has 152 valence electrons.